The third kappa shape index (κ3) is 3.64. The molecule has 1 aromatic rings. The number of hydrogen-bond acceptors (Lipinski definition) is 3. The van der Waals surface area contributed by atoms with E-state index < -0.39 is 0 Å². The molecule has 0 bridgehead atoms. The molecule has 0 amide bonds. The van der Waals surface area contributed by atoms with Crippen LogP contribution in [0.15, 0.2) is 12.1 Å². The number of nitrogens with zero attached hydrogens (tertiary/aromatic N) is 2. The highest BCUT2D eigenvalue weighted by atomic mass is 16.5. The van der Waals surface area contributed by atoms with Crippen LogP contribution in [-0.4, -0.2) is 50.6 Å². The minimum atomic E-state index is 0.818. The Balaban J connectivity index is 1.68. The summed E-state index contributed by atoms with van der Waals surface area (Å²) in [5.41, 5.74) is 4.42. The fraction of sp³-hybridized carbons (Fsp3) is 0.684. The standard InChI is InChI=1S/C19H30N2O/c1-20-9-8-15(12-20)13-21(2)14-18-10-16-6-4-5-7-17(16)11-19(18)22-3/h10-11,15H,4-9,12-14H2,1-3H3. The molecule has 1 atom stereocenters. The topological polar surface area (TPSA) is 15.7 Å². The van der Waals surface area contributed by atoms with Gasteiger partial charge in [-0.3, -0.25) is 0 Å². The summed E-state index contributed by atoms with van der Waals surface area (Å²) in [6, 6.07) is 4.70. The fourth-order valence-corrected chi connectivity index (χ4v) is 4.10. The van der Waals surface area contributed by atoms with Gasteiger partial charge in [-0.15, -0.1) is 0 Å². The van der Waals surface area contributed by atoms with E-state index in [0.29, 0.717) is 0 Å². The number of ether oxygens (including phenoxy) is 1. The van der Waals surface area contributed by atoms with Gasteiger partial charge in [0.25, 0.3) is 0 Å². The summed E-state index contributed by atoms with van der Waals surface area (Å²) in [6.45, 7) is 4.67. The molecule has 3 rings (SSSR count). The molecule has 1 fully saturated rings. The Morgan fingerprint density at radius 2 is 1.95 bits per heavy atom. The molecule has 3 nitrogen and oxygen atoms in total. The van der Waals surface area contributed by atoms with Crippen molar-refractivity contribution in [3.05, 3.63) is 28.8 Å². The Hall–Kier alpha value is -1.06. The molecule has 1 heterocycles. The van der Waals surface area contributed by atoms with Gasteiger partial charge in [-0.05, 0) is 75.9 Å². The third-order valence-corrected chi connectivity index (χ3v) is 5.24. The van der Waals surface area contributed by atoms with Gasteiger partial charge in [0.05, 0.1) is 7.11 Å². The second-order valence-electron chi connectivity index (χ2n) is 7.25. The average Bonchev–Trinajstić information content (AvgIpc) is 2.91. The van der Waals surface area contributed by atoms with Gasteiger partial charge in [-0.1, -0.05) is 6.07 Å². The average molecular weight is 302 g/mol. The summed E-state index contributed by atoms with van der Waals surface area (Å²) in [6.07, 6.45) is 6.45. The SMILES string of the molecule is COc1cc2c(cc1CN(C)CC1CCN(C)C1)CCCC2. The molecule has 0 N–H and O–H groups in total. The first kappa shape index (κ1) is 15.8. The molecule has 1 aromatic carbocycles. The van der Waals surface area contributed by atoms with Crippen molar-refractivity contribution in [1.82, 2.24) is 9.80 Å². The summed E-state index contributed by atoms with van der Waals surface area (Å²) in [5.74, 6) is 1.90. The van der Waals surface area contributed by atoms with Crippen molar-refractivity contribution in [1.29, 1.82) is 0 Å². The maximum Gasteiger partial charge on any atom is 0.123 e. The lowest BCUT2D eigenvalue weighted by Gasteiger charge is -2.24. The molecule has 0 radical (unpaired) electrons. The van der Waals surface area contributed by atoms with Crippen molar-refractivity contribution in [2.45, 2.75) is 38.6 Å². The number of likely N-dealkylation sites (tertiary alicyclic amines) is 1. The quantitative estimate of drug-likeness (QED) is 0.832. The van der Waals surface area contributed by atoms with E-state index in [1.54, 1.807) is 12.7 Å². The zero-order valence-corrected chi connectivity index (χ0v) is 14.4. The Kier molecular flexibility index (Phi) is 5.04. The molecule has 0 saturated carbocycles. The van der Waals surface area contributed by atoms with Gasteiger partial charge in [0.1, 0.15) is 5.75 Å². The molecule has 1 saturated heterocycles. The summed E-state index contributed by atoms with van der Waals surface area (Å²) in [4.78, 5) is 4.91. The lowest BCUT2D eigenvalue weighted by molar-refractivity contribution is 0.263. The van der Waals surface area contributed by atoms with Crippen LogP contribution in [0.4, 0.5) is 0 Å². The highest BCUT2D eigenvalue weighted by Crippen LogP contribution is 2.30. The molecule has 22 heavy (non-hydrogen) atoms. The molecule has 3 heteroatoms. The van der Waals surface area contributed by atoms with E-state index in [1.165, 1.54) is 62.9 Å². The minimum Gasteiger partial charge on any atom is -0.496 e. The molecule has 1 aliphatic carbocycles. The predicted molar refractivity (Wildman–Crippen MR) is 91.6 cm³/mol. The molecule has 2 aliphatic rings. The van der Waals surface area contributed by atoms with Crippen molar-refractivity contribution in [3.8, 4) is 5.75 Å². The van der Waals surface area contributed by atoms with Crippen LogP contribution in [0.5, 0.6) is 5.75 Å². The third-order valence-electron chi connectivity index (χ3n) is 5.24. The molecule has 1 unspecified atom stereocenters. The van der Waals surface area contributed by atoms with Gasteiger partial charge >= 0.3 is 0 Å². The monoisotopic (exact) mass is 302 g/mol. The van der Waals surface area contributed by atoms with Crippen molar-refractivity contribution >= 4 is 0 Å². The van der Waals surface area contributed by atoms with Gasteiger partial charge in [0, 0.05) is 25.2 Å². The van der Waals surface area contributed by atoms with Crippen molar-refractivity contribution in [2.75, 3.05) is 40.8 Å². The highest BCUT2D eigenvalue weighted by molar-refractivity contribution is 5.43. The lowest BCUT2D eigenvalue weighted by atomic mass is 9.90. The van der Waals surface area contributed by atoms with E-state index >= 15 is 0 Å². The second kappa shape index (κ2) is 7.01. The van der Waals surface area contributed by atoms with Gasteiger partial charge in [0.2, 0.25) is 0 Å². The number of fused-ring (bicyclic) bond motifs is 1. The van der Waals surface area contributed by atoms with E-state index in [0.717, 1.165) is 18.2 Å². The molecule has 0 spiro atoms. The van der Waals surface area contributed by atoms with E-state index in [9.17, 15) is 0 Å². The summed E-state index contributed by atoms with van der Waals surface area (Å²) in [7, 11) is 6.28. The Morgan fingerprint density at radius 3 is 2.59 bits per heavy atom. The van der Waals surface area contributed by atoms with E-state index in [-0.39, 0.29) is 0 Å². The summed E-state index contributed by atoms with van der Waals surface area (Å²) < 4.78 is 5.66. The minimum absolute atomic E-state index is 0.818. The van der Waals surface area contributed by atoms with E-state index in [4.69, 9.17) is 4.74 Å². The molecule has 1 aliphatic heterocycles. The van der Waals surface area contributed by atoms with Gasteiger partial charge < -0.3 is 14.5 Å². The lowest BCUT2D eigenvalue weighted by Crippen LogP contribution is -2.27. The number of benzene rings is 1. The first-order valence-electron chi connectivity index (χ1n) is 8.71. The first-order chi connectivity index (χ1) is 10.7. The van der Waals surface area contributed by atoms with Crippen LogP contribution in [0.2, 0.25) is 0 Å². The second-order valence-corrected chi connectivity index (χ2v) is 7.25. The smallest absolute Gasteiger partial charge is 0.123 e. The molecule has 122 valence electrons. The van der Waals surface area contributed by atoms with E-state index in [2.05, 4.69) is 36.0 Å². The van der Waals surface area contributed by atoms with Gasteiger partial charge in [-0.2, -0.15) is 0 Å². The van der Waals surface area contributed by atoms with Crippen LogP contribution in [0.25, 0.3) is 0 Å². The maximum atomic E-state index is 5.66. The van der Waals surface area contributed by atoms with Crippen LogP contribution < -0.4 is 4.74 Å². The van der Waals surface area contributed by atoms with Gasteiger partial charge in [0.15, 0.2) is 0 Å². The van der Waals surface area contributed by atoms with Crippen LogP contribution in [0.1, 0.15) is 36.0 Å². The number of hydrogen-bond donors (Lipinski definition) is 0. The Morgan fingerprint density at radius 1 is 1.23 bits per heavy atom. The predicted octanol–water partition coefficient (Wildman–Crippen LogP) is 2.96. The largest absolute Gasteiger partial charge is 0.496 e. The van der Waals surface area contributed by atoms with Crippen molar-refractivity contribution in [3.63, 3.8) is 0 Å². The molecule has 0 aromatic heterocycles. The van der Waals surface area contributed by atoms with Crippen LogP contribution in [-0.2, 0) is 19.4 Å². The van der Waals surface area contributed by atoms with Crippen molar-refractivity contribution < 1.29 is 4.74 Å². The van der Waals surface area contributed by atoms with Gasteiger partial charge in [-0.25, -0.2) is 0 Å². The normalized spacial score (nSPS) is 22.1. The van der Waals surface area contributed by atoms with Crippen LogP contribution >= 0.6 is 0 Å². The molecular weight excluding hydrogens is 272 g/mol. The van der Waals surface area contributed by atoms with Crippen molar-refractivity contribution in [2.24, 2.45) is 5.92 Å². The fourth-order valence-electron chi connectivity index (χ4n) is 4.10. The number of methoxy groups -OCH3 is 1. The van der Waals surface area contributed by atoms with Crippen LogP contribution in [0.3, 0.4) is 0 Å². The van der Waals surface area contributed by atoms with E-state index in [1.807, 2.05) is 0 Å². The maximum absolute atomic E-state index is 5.66. The Labute approximate surface area is 135 Å². The first-order valence-corrected chi connectivity index (χ1v) is 8.71. The van der Waals surface area contributed by atoms with Crippen LogP contribution in [0, 0.1) is 5.92 Å². The number of aryl methyl sites for hydroxylation is 2. The summed E-state index contributed by atoms with van der Waals surface area (Å²) in [5, 5.41) is 0. The zero-order valence-electron chi connectivity index (χ0n) is 14.4. The summed E-state index contributed by atoms with van der Waals surface area (Å²) >= 11 is 0. The zero-order chi connectivity index (χ0) is 15.5. The Bertz CT molecular complexity index is 514. The highest BCUT2D eigenvalue weighted by Gasteiger charge is 2.21. The molecular formula is C19H30N2O. The number of rotatable bonds is 5.